The van der Waals surface area contributed by atoms with Crippen LogP contribution < -0.4 is 0 Å². The average Bonchev–Trinajstić information content (AvgIpc) is 3.52. The van der Waals surface area contributed by atoms with Crippen molar-refractivity contribution < 1.29 is 4.79 Å². The highest BCUT2D eigenvalue weighted by Crippen LogP contribution is 2.38. The summed E-state index contributed by atoms with van der Waals surface area (Å²) in [5.74, 6) is 1.20. The van der Waals surface area contributed by atoms with Gasteiger partial charge in [0, 0.05) is 29.7 Å². The highest BCUT2D eigenvalue weighted by Gasteiger charge is 2.26. The maximum Gasteiger partial charge on any atom is 0.236 e. The number of carbonyl (C=O) groups is 1. The average molecular weight is 514 g/mol. The number of aromatic nitrogens is 1. The standard InChI is InChI=1S/C32H43N5O/c1-6-37(7-2)29(38)19-36-15-13-23(14-16-36)24-11-12-27-26(18-24)30(21(3)4)32(35-27)25-9-8-10-28-31(22(5)17-25)34-20-33-28/h9,11-12,17-18,20-21,23,28,35H,6-8,10,13-16,19H2,1-5H3/b22-17-,25-9+. The highest BCUT2D eigenvalue weighted by atomic mass is 16.2. The van der Waals surface area contributed by atoms with Crippen LogP contribution in [0, 0.1) is 0 Å². The number of aromatic amines is 1. The lowest BCUT2D eigenvalue weighted by atomic mass is 9.87. The van der Waals surface area contributed by atoms with Gasteiger partial charge in [0.2, 0.25) is 5.91 Å². The minimum Gasteiger partial charge on any atom is -0.354 e. The molecule has 0 radical (unpaired) electrons. The number of likely N-dealkylation sites (tertiary alicyclic amines) is 1. The second-order valence-corrected chi connectivity index (χ2v) is 11.3. The van der Waals surface area contributed by atoms with Gasteiger partial charge in [0.15, 0.2) is 0 Å². The van der Waals surface area contributed by atoms with Crippen molar-refractivity contribution in [2.45, 2.75) is 78.2 Å². The van der Waals surface area contributed by atoms with Crippen molar-refractivity contribution in [1.82, 2.24) is 14.8 Å². The van der Waals surface area contributed by atoms with Crippen molar-refractivity contribution in [1.29, 1.82) is 0 Å². The van der Waals surface area contributed by atoms with Crippen LogP contribution in [-0.4, -0.2) is 71.5 Å². The van der Waals surface area contributed by atoms with Gasteiger partial charge in [0.1, 0.15) is 6.34 Å². The molecule has 5 rings (SSSR count). The van der Waals surface area contributed by atoms with Crippen LogP contribution in [0.4, 0.5) is 0 Å². The molecule has 0 spiro atoms. The van der Waals surface area contributed by atoms with Crippen molar-refractivity contribution in [3.05, 3.63) is 52.7 Å². The molecule has 1 aromatic heterocycles. The van der Waals surface area contributed by atoms with Crippen LogP contribution in [0.5, 0.6) is 0 Å². The van der Waals surface area contributed by atoms with Crippen LogP contribution in [0.25, 0.3) is 16.5 Å². The molecule has 0 bridgehead atoms. The Balaban J connectivity index is 1.37. The number of aliphatic imine (C=N–C) groups is 2. The summed E-state index contributed by atoms with van der Waals surface area (Å²) >= 11 is 0. The van der Waals surface area contributed by atoms with E-state index < -0.39 is 0 Å². The Bertz CT molecular complexity index is 1300. The van der Waals surface area contributed by atoms with E-state index in [4.69, 9.17) is 0 Å². The summed E-state index contributed by atoms with van der Waals surface area (Å²) in [4.78, 5) is 29.8. The van der Waals surface area contributed by atoms with E-state index in [9.17, 15) is 4.79 Å². The first-order chi connectivity index (χ1) is 18.4. The molecule has 38 heavy (non-hydrogen) atoms. The van der Waals surface area contributed by atoms with Crippen LogP contribution in [-0.2, 0) is 4.79 Å². The van der Waals surface area contributed by atoms with E-state index in [0.29, 0.717) is 18.4 Å². The summed E-state index contributed by atoms with van der Waals surface area (Å²) < 4.78 is 0. The molecule has 202 valence electrons. The predicted octanol–water partition coefficient (Wildman–Crippen LogP) is 6.31. The third-order valence-corrected chi connectivity index (χ3v) is 8.60. The van der Waals surface area contributed by atoms with E-state index in [2.05, 4.69) is 84.8 Å². The smallest absolute Gasteiger partial charge is 0.236 e. The highest BCUT2D eigenvalue weighted by molar-refractivity contribution is 6.11. The van der Waals surface area contributed by atoms with Crippen LogP contribution >= 0.6 is 0 Å². The second kappa shape index (κ2) is 11.4. The first kappa shape index (κ1) is 26.6. The molecule has 1 saturated heterocycles. The quantitative estimate of drug-likeness (QED) is 0.471. The Kier molecular flexibility index (Phi) is 7.98. The van der Waals surface area contributed by atoms with E-state index in [-0.39, 0.29) is 11.9 Å². The molecule has 1 fully saturated rings. The summed E-state index contributed by atoms with van der Waals surface area (Å²) in [5, 5.41) is 1.35. The minimum atomic E-state index is 0.209. The molecular formula is C32H43N5O. The largest absolute Gasteiger partial charge is 0.354 e. The normalized spacial score (nSPS) is 23.4. The van der Waals surface area contributed by atoms with Gasteiger partial charge < -0.3 is 9.88 Å². The number of carbonyl (C=O) groups excluding carboxylic acids is 1. The molecule has 1 unspecified atom stereocenters. The van der Waals surface area contributed by atoms with Crippen molar-refractivity contribution in [3.63, 3.8) is 0 Å². The van der Waals surface area contributed by atoms with Crippen molar-refractivity contribution in [2.75, 3.05) is 32.7 Å². The zero-order valence-electron chi connectivity index (χ0n) is 23.8. The Morgan fingerprint density at radius 1 is 1.16 bits per heavy atom. The lowest BCUT2D eigenvalue weighted by Gasteiger charge is -2.33. The second-order valence-electron chi connectivity index (χ2n) is 11.3. The van der Waals surface area contributed by atoms with Gasteiger partial charge in [-0.25, -0.2) is 4.99 Å². The van der Waals surface area contributed by atoms with Gasteiger partial charge >= 0.3 is 0 Å². The molecule has 6 nitrogen and oxygen atoms in total. The Morgan fingerprint density at radius 3 is 2.63 bits per heavy atom. The van der Waals surface area contributed by atoms with Gasteiger partial charge in [-0.1, -0.05) is 26.0 Å². The Labute approximate surface area is 227 Å². The van der Waals surface area contributed by atoms with Gasteiger partial charge in [-0.2, -0.15) is 0 Å². The summed E-state index contributed by atoms with van der Waals surface area (Å²) in [6.07, 6.45) is 10.6. The number of nitrogens with one attached hydrogen (secondary N) is 1. The lowest BCUT2D eigenvalue weighted by molar-refractivity contribution is -0.132. The van der Waals surface area contributed by atoms with E-state index in [0.717, 1.165) is 57.6 Å². The first-order valence-corrected chi connectivity index (χ1v) is 14.5. The van der Waals surface area contributed by atoms with Gasteiger partial charge in [-0.05, 0) is 112 Å². The molecule has 3 heterocycles. The molecule has 1 aliphatic carbocycles. The number of allylic oxidation sites excluding steroid dienone is 3. The number of hydrogen-bond donors (Lipinski definition) is 1. The Hall–Kier alpha value is -2.99. The molecule has 2 aliphatic heterocycles. The number of piperidine rings is 1. The first-order valence-electron chi connectivity index (χ1n) is 14.5. The SMILES string of the molecule is CCN(CC)C(=O)CN1CCC(c2ccc3[nH]c(C4=C/CCC5N=CN=C5/C(C)=C\4)c(C(C)C)c3c2)CC1. The summed E-state index contributed by atoms with van der Waals surface area (Å²) in [5.41, 5.74) is 8.88. The monoisotopic (exact) mass is 513 g/mol. The number of H-pyrrole nitrogens is 1. The maximum absolute atomic E-state index is 12.6. The number of rotatable bonds is 7. The maximum atomic E-state index is 12.6. The van der Waals surface area contributed by atoms with Crippen LogP contribution in [0.2, 0.25) is 0 Å². The summed E-state index contributed by atoms with van der Waals surface area (Å²) in [6.45, 7) is 15.0. The van der Waals surface area contributed by atoms with Crippen molar-refractivity contribution >= 4 is 34.4 Å². The van der Waals surface area contributed by atoms with E-state index in [1.54, 1.807) is 6.34 Å². The number of fused-ring (bicyclic) bond motifs is 2. The van der Waals surface area contributed by atoms with E-state index in [1.165, 1.54) is 38.9 Å². The van der Waals surface area contributed by atoms with Crippen LogP contribution in [0.3, 0.4) is 0 Å². The molecule has 1 amide bonds. The fourth-order valence-electron chi connectivity index (χ4n) is 6.45. The summed E-state index contributed by atoms with van der Waals surface area (Å²) in [6, 6.07) is 7.25. The van der Waals surface area contributed by atoms with Crippen LogP contribution in [0.15, 0.2) is 45.9 Å². The van der Waals surface area contributed by atoms with Crippen molar-refractivity contribution in [3.8, 4) is 0 Å². The number of likely N-dealkylation sites (N-methyl/N-ethyl adjacent to an activating group) is 1. The van der Waals surface area contributed by atoms with Crippen molar-refractivity contribution in [2.24, 2.45) is 9.98 Å². The lowest BCUT2D eigenvalue weighted by Crippen LogP contribution is -2.43. The van der Waals surface area contributed by atoms with Gasteiger partial charge in [-0.3, -0.25) is 14.7 Å². The zero-order valence-corrected chi connectivity index (χ0v) is 23.8. The molecule has 3 aliphatic rings. The molecule has 1 N–H and O–H groups in total. The molecule has 0 saturated carbocycles. The number of amides is 1. The predicted molar refractivity (Wildman–Crippen MR) is 159 cm³/mol. The van der Waals surface area contributed by atoms with Crippen LogP contribution in [0.1, 0.15) is 89.0 Å². The molecule has 6 heteroatoms. The fraction of sp³-hybridized carbons (Fsp3) is 0.531. The van der Waals surface area contributed by atoms with Gasteiger partial charge in [0.25, 0.3) is 0 Å². The molecule has 2 aromatic rings. The Morgan fingerprint density at radius 2 is 1.92 bits per heavy atom. The van der Waals surface area contributed by atoms with Gasteiger partial charge in [-0.15, -0.1) is 0 Å². The minimum absolute atomic E-state index is 0.209. The fourth-order valence-corrected chi connectivity index (χ4v) is 6.45. The summed E-state index contributed by atoms with van der Waals surface area (Å²) in [7, 11) is 0. The molecular weight excluding hydrogens is 470 g/mol. The van der Waals surface area contributed by atoms with Gasteiger partial charge in [0.05, 0.1) is 18.3 Å². The zero-order chi connectivity index (χ0) is 26.8. The molecule has 1 aromatic carbocycles. The third kappa shape index (κ3) is 5.28. The van der Waals surface area contributed by atoms with E-state index in [1.807, 2.05) is 4.90 Å². The third-order valence-electron chi connectivity index (χ3n) is 8.60. The molecule has 1 atom stereocenters. The van der Waals surface area contributed by atoms with E-state index >= 15 is 0 Å². The number of hydrogen-bond acceptors (Lipinski definition) is 4. The number of benzene rings is 1. The topological polar surface area (TPSA) is 64.1 Å². The number of nitrogens with zero attached hydrogens (tertiary/aromatic N) is 4.